The van der Waals surface area contributed by atoms with Crippen LogP contribution in [0.1, 0.15) is 50.1 Å². The lowest BCUT2D eigenvalue weighted by Crippen LogP contribution is -2.44. The quantitative estimate of drug-likeness (QED) is 0.613. The van der Waals surface area contributed by atoms with E-state index in [1.54, 1.807) is 11.6 Å². The van der Waals surface area contributed by atoms with Gasteiger partial charge in [-0.25, -0.2) is 4.79 Å². The summed E-state index contributed by atoms with van der Waals surface area (Å²) < 4.78 is 7.80. The number of hydrogen-bond acceptors (Lipinski definition) is 5. The first kappa shape index (κ1) is 20.1. The molecule has 1 aliphatic carbocycles. The van der Waals surface area contributed by atoms with Gasteiger partial charge in [0.25, 0.3) is 0 Å². The summed E-state index contributed by atoms with van der Waals surface area (Å²) in [6, 6.07) is 5.14. The Morgan fingerprint density at radius 3 is 2.63 bits per heavy atom. The summed E-state index contributed by atoms with van der Waals surface area (Å²) in [5.74, 6) is -0.621. The molecule has 0 radical (unpaired) electrons. The maximum Gasteiger partial charge on any atom is 0.329 e. The Kier molecular flexibility index (Phi) is 5.32. The number of aryl methyl sites for hydroxylation is 1. The van der Waals surface area contributed by atoms with E-state index in [-0.39, 0.29) is 24.0 Å². The number of imidazole rings is 1. The summed E-state index contributed by atoms with van der Waals surface area (Å²) in [5.41, 5.74) is 3.39. The summed E-state index contributed by atoms with van der Waals surface area (Å²) >= 11 is 0. The molecule has 2 atom stereocenters. The number of imide groups is 1. The molecule has 0 spiro atoms. The number of aromatic nitrogens is 2. The van der Waals surface area contributed by atoms with E-state index < -0.39 is 11.9 Å². The van der Waals surface area contributed by atoms with E-state index in [1.165, 1.54) is 17.3 Å². The topological polar surface area (TPSA) is 99.4 Å². The molecular weight excluding hydrogens is 386 g/mol. The fourth-order valence-electron chi connectivity index (χ4n) is 4.45. The van der Waals surface area contributed by atoms with Crippen molar-refractivity contribution in [2.75, 3.05) is 7.11 Å². The van der Waals surface area contributed by atoms with E-state index in [0.717, 1.165) is 30.3 Å². The second-order valence-corrected chi connectivity index (χ2v) is 8.03. The number of piperidine rings is 1. The van der Waals surface area contributed by atoms with Gasteiger partial charge >= 0.3 is 11.7 Å². The molecule has 8 heteroatoms. The maximum atomic E-state index is 12.9. The van der Waals surface area contributed by atoms with Crippen LogP contribution in [0.5, 0.6) is 0 Å². The largest absolute Gasteiger partial charge is 0.469 e. The normalized spacial score (nSPS) is 22.0. The Morgan fingerprint density at radius 1 is 1.17 bits per heavy atom. The standard InChI is InChI=1S/C22H25N3O5/c1-24-18-12-15(14-5-3-13(4-6-14)11-20(27)30-2)7-8-16(18)25(22(24)29)17-9-10-19(26)23-21(17)28/h5,7-8,12-13,17H,3-4,6,9-11H2,1-2H3,(H,23,26,28). The molecule has 2 amide bonds. The van der Waals surface area contributed by atoms with Gasteiger partial charge in [-0.05, 0) is 54.9 Å². The van der Waals surface area contributed by atoms with Crippen molar-refractivity contribution in [2.45, 2.75) is 44.6 Å². The average molecular weight is 411 g/mol. The maximum absolute atomic E-state index is 12.9. The summed E-state index contributed by atoms with van der Waals surface area (Å²) in [6.45, 7) is 0. The number of methoxy groups -OCH3 is 1. The number of nitrogens with one attached hydrogen (secondary N) is 1. The highest BCUT2D eigenvalue weighted by Crippen LogP contribution is 2.33. The first-order valence-electron chi connectivity index (χ1n) is 10.2. The fourth-order valence-corrected chi connectivity index (χ4v) is 4.45. The van der Waals surface area contributed by atoms with E-state index >= 15 is 0 Å². The molecule has 0 bridgehead atoms. The highest BCUT2D eigenvalue weighted by Gasteiger charge is 2.31. The Morgan fingerprint density at radius 2 is 1.97 bits per heavy atom. The van der Waals surface area contributed by atoms with Crippen LogP contribution >= 0.6 is 0 Å². The van der Waals surface area contributed by atoms with Crippen molar-refractivity contribution in [1.82, 2.24) is 14.5 Å². The first-order valence-corrected chi connectivity index (χ1v) is 10.2. The van der Waals surface area contributed by atoms with Gasteiger partial charge in [-0.1, -0.05) is 12.1 Å². The molecule has 30 heavy (non-hydrogen) atoms. The number of carbonyl (C=O) groups excluding carboxylic acids is 3. The molecular formula is C22H25N3O5. The molecule has 2 aliphatic rings. The molecule has 1 fully saturated rings. The number of amides is 2. The van der Waals surface area contributed by atoms with Gasteiger partial charge in [0.1, 0.15) is 6.04 Å². The van der Waals surface area contributed by atoms with Crippen molar-refractivity contribution in [3.05, 3.63) is 40.3 Å². The van der Waals surface area contributed by atoms with Crippen LogP contribution in [0.4, 0.5) is 0 Å². The predicted molar refractivity (Wildman–Crippen MR) is 111 cm³/mol. The zero-order chi connectivity index (χ0) is 21.4. The molecule has 1 saturated heterocycles. The number of fused-ring (bicyclic) bond motifs is 1. The van der Waals surface area contributed by atoms with Crippen molar-refractivity contribution in [1.29, 1.82) is 0 Å². The molecule has 2 heterocycles. The van der Waals surface area contributed by atoms with Gasteiger partial charge in [-0.2, -0.15) is 0 Å². The molecule has 0 saturated carbocycles. The van der Waals surface area contributed by atoms with Gasteiger partial charge in [0.05, 0.1) is 18.1 Å². The first-order chi connectivity index (χ1) is 14.4. The summed E-state index contributed by atoms with van der Waals surface area (Å²) in [5, 5.41) is 2.32. The number of benzene rings is 1. The Bertz CT molecular complexity index is 1120. The highest BCUT2D eigenvalue weighted by molar-refractivity contribution is 6.00. The van der Waals surface area contributed by atoms with Crippen LogP contribution in [0.2, 0.25) is 0 Å². The van der Waals surface area contributed by atoms with E-state index in [2.05, 4.69) is 11.4 Å². The lowest BCUT2D eigenvalue weighted by molar-refractivity contribution is -0.142. The number of rotatable bonds is 4. The fraction of sp³-hybridized carbons (Fsp3) is 0.455. The van der Waals surface area contributed by atoms with Crippen molar-refractivity contribution in [2.24, 2.45) is 13.0 Å². The molecule has 1 N–H and O–H groups in total. The van der Waals surface area contributed by atoms with Crippen LogP contribution in [-0.2, 0) is 26.2 Å². The Hall–Kier alpha value is -3.16. The molecule has 1 aromatic carbocycles. The third kappa shape index (κ3) is 3.58. The number of allylic oxidation sites excluding steroid dienone is 2. The van der Waals surface area contributed by atoms with Crippen molar-refractivity contribution in [3.8, 4) is 0 Å². The summed E-state index contributed by atoms with van der Waals surface area (Å²) in [6.07, 6.45) is 5.72. The third-order valence-corrected chi connectivity index (χ3v) is 6.18. The lowest BCUT2D eigenvalue weighted by atomic mass is 9.85. The van der Waals surface area contributed by atoms with Crippen LogP contribution in [0, 0.1) is 5.92 Å². The minimum atomic E-state index is -0.683. The number of ether oxygens (including phenoxy) is 1. The average Bonchev–Trinajstić information content (AvgIpc) is 2.99. The monoisotopic (exact) mass is 411 g/mol. The molecule has 158 valence electrons. The lowest BCUT2D eigenvalue weighted by Gasteiger charge is -2.22. The second-order valence-electron chi connectivity index (χ2n) is 8.03. The van der Waals surface area contributed by atoms with E-state index in [9.17, 15) is 19.2 Å². The van der Waals surface area contributed by atoms with Gasteiger partial charge in [-0.15, -0.1) is 0 Å². The minimum Gasteiger partial charge on any atom is -0.469 e. The Balaban J connectivity index is 1.64. The van der Waals surface area contributed by atoms with Crippen LogP contribution in [0.15, 0.2) is 29.1 Å². The van der Waals surface area contributed by atoms with Gasteiger partial charge in [0.2, 0.25) is 11.8 Å². The number of carbonyl (C=O) groups is 3. The van der Waals surface area contributed by atoms with Crippen LogP contribution in [0.3, 0.4) is 0 Å². The Labute approximate surface area is 173 Å². The number of nitrogens with zero attached hydrogens (tertiary/aromatic N) is 2. The molecule has 1 aliphatic heterocycles. The smallest absolute Gasteiger partial charge is 0.329 e. The molecule has 1 aromatic heterocycles. The summed E-state index contributed by atoms with van der Waals surface area (Å²) in [4.78, 5) is 48.2. The van der Waals surface area contributed by atoms with E-state index in [1.807, 2.05) is 18.2 Å². The number of esters is 1. The van der Waals surface area contributed by atoms with Gasteiger partial charge in [0.15, 0.2) is 0 Å². The van der Waals surface area contributed by atoms with Gasteiger partial charge in [-0.3, -0.25) is 28.8 Å². The van der Waals surface area contributed by atoms with Gasteiger partial charge in [0, 0.05) is 19.9 Å². The zero-order valence-electron chi connectivity index (χ0n) is 17.1. The summed E-state index contributed by atoms with van der Waals surface area (Å²) in [7, 11) is 3.10. The molecule has 2 aromatic rings. The molecule has 2 unspecified atom stereocenters. The molecule has 4 rings (SSSR count). The van der Waals surface area contributed by atoms with Crippen molar-refractivity contribution < 1.29 is 19.1 Å². The zero-order valence-corrected chi connectivity index (χ0v) is 17.1. The third-order valence-electron chi connectivity index (χ3n) is 6.18. The second kappa shape index (κ2) is 7.93. The minimum absolute atomic E-state index is 0.178. The predicted octanol–water partition coefficient (Wildman–Crippen LogP) is 2.06. The highest BCUT2D eigenvalue weighted by atomic mass is 16.5. The SMILES string of the molecule is COC(=O)CC1CC=C(c2ccc3c(c2)n(C)c(=O)n3C2CCC(=O)NC2=O)CC1. The van der Waals surface area contributed by atoms with Gasteiger partial charge < -0.3 is 4.74 Å². The van der Waals surface area contributed by atoms with Crippen LogP contribution in [0.25, 0.3) is 16.6 Å². The van der Waals surface area contributed by atoms with E-state index in [0.29, 0.717) is 24.3 Å². The van der Waals surface area contributed by atoms with Crippen molar-refractivity contribution in [3.63, 3.8) is 0 Å². The van der Waals surface area contributed by atoms with Crippen LogP contribution < -0.4 is 11.0 Å². The number of hydrogen-bond donors (Lipinski definition) is 1. The van der Waals surface area contributed by atoms with Crippen LogP contribution in [-0.4, -0.2) is 34.0 Å². The molecule has 8 nitrogen and oxygen atoms in total. The van der Waals surface area contributed by atoms with Crippen molar-refractivity contribution >= 4 is 34.4 Å². The van der Waals surface area contributed by atoms with E-state index in [4.69, 9.17) is 4.74 Å².